The molecule has 0 N–H and O–H groups in total. The average Bonchev–Trinajstić information content (AvgIpc) is 2.73. The van der Waals surface area contributed by atoms with E-state index in [2.05, 4.69) is 11.6 Å². The lowest BCUT2D eigenvalue weighted by Crippen LogP contribution is -2.37. The maximum absolute atomic E-state index is 11.7. The van der Waals surface area contributed by atoms with Gasteiger partial charge in [0.1, 0.15) is 0 Å². The number of carbonyl (C=O) groups is 1. The van der Waals surface area contributed by atoms with Crippen molar-refractivity contribution in [3.05, 3.63) is 12.7 Å². The Balaban J connectivity index is 2.24. The molecule has 0 aliphatic carbocycles. The Morgan fingerprint density at radius 1 is 1.58 bits per heavy atom. The fourth-order valence-corrected chi connectivity index (χ4v) is 6.18. The van der Waals surface area contributed by atoms with Crippen molar-refractivity contribution in [2.75, 3.05) is 18.1 Å². The van der Waals surface area contributed by atoms with E-state index in [1.54, 1.807) is 19.9 Å². The highest BCUT2D eigenvalue weighted by Gasteiger charge is 2.48. The predicted molar refractivity (Wildman–Crippen MR) is 78.0 cm³/mol. The fraction of sp³-hybridized carbons (Fsp3) is 0.667. The fourth-order valence-electron chi connectivity index (χ4n) is 2.21. The molecule has 5 nitrogen and oxygen atoms in total. The van der Waals surface area contributed by atoms with Gasteiger partial charge in [0.05, 0.1) is 17.5 Å². The zero-order valence-corrected chi connectivity index (χ0v) is 12.7. The van der Waals surface area contributed by atoms with E-state index >= 15 is 0 Å². The number of aliphatic imine (C=N–C) groups is 1. The van der Waals surface area contributed by atoms with Crippen LogP contribution in [-0.4, -0.2) is 53.7 Å². The van der Waals surface area contributed by atoms with E-state index in [0.29, 0.717) is 11.7 Å². The molecule has 0 radical (unpaired) electrons. The number of thioether (sulfide) groups is 1. The highest BCUT2D eigenvalue weighted by molar-refractivity contribution is 8.15. The number of amidine groups is 1. The number of nitrogens with zero attached hydrogens (tertiary/aromatic N) is 2. The highest BCUT2D eigenvalue weighted by Crippen LogP contribution is 2.38. The standard InChI is InChI=1S/C12H18N2O3S2/c1-4-5-14-9-6-19(16,17)7-10(9)18-12(14)13-11(15)8(2)3/h4,8-10H,1,5-7H2,2-3H3. The van der Waals surface area contributed by atoms with Gasteiger partial charge in [-0.25, -0.2) is 8.42 Å². The number of fused-ring (bicyclic) bond motifs is 1. The summed E-state index contributed by atoms with van der Waals surface area (Å²) in [6.07, 6.45) is 1.71. The minimum atomic E-state index is -2.96. The second-order valence-electron chi connectivity index (χ2n) is 5.13. The van der Waals surface area contributed by atoms with E-state index < -0.39 is 9.84 Å². The van der Waals surface area contributed by atoms with Crippen LogP contribution in [0.4, 0.5) is 0 Å². The Morgan fingerprint density at radius 3 is 2.84 bits per heavy atom. The van der Waals surface area contributed by atoms with Crippen LogP contribution in [-0.2, 0) is 14.6 Å². The Kier molecular flexibility index (Phi) is 4.06. The summed E-state index contributed by atoms with van der Waals surface area (Å²) >= 11 is 1.41. The molecule has 2 rings (SSSR count). The molecule has 0 aromatic carbocycles. The maximum Gasteiger partial charge on any atom is 0.250 e. The first-order valence-electron chi connectivity index (χ1n) is 6.21. The zero-order chi connectivity index (χ0) is 14.2. The molecular weight excluding hydrogens is 284 g/mol. The normalized spacial score (nSPS) is 30.9. The van der Waals surface area contributed by atoms with E-state index in [4.69, 9.17) is 0 Å². The van der Waals surface area contributed by atoms with Crippen LogP contribution >= 0.6 is 11.8 Å². The minimum absolute atomic E-state index is 0.0105. The number of hydrogen-bond acceptors (Lipinski definition) is 4. The van der Waals surface area contributed by atoms with Crippen LogP contribution in [0.2, 0.25) is 0 Å². The maximum atomic E-state index is 11.7. The van der Waals surface area contributed by atoms with Crippen LogP contribution in [0.3, 0.4) is 0 Å². The number of carbonyl (C=O) groups excluding carboxylic acids is 1. The molecule has 0 aromatic heterocycles. The van der Waals surface area contributed by atoms with Gasteiger partial charge in [0, 0.05) is 17.7 Å². The third-order valence-corrected chi connectivity index (χ3v) is 6.45. The molecule has 2 unspecified atom stereocenters. The second-order valence-corrected chi connectivity index (χ2v) is 8.49. The molecule has 7 heteroatoms. The van der Waals surface area contributed by atoms with Crippen LogP contribution in [0.15, 0.2) is 17.6 Å². The summed E-state index contributed by atoms with van der Waals surface area (Å²) in [6.45, 7) is 7.81. The summed E-state index contributed by atoms with van der Waals surface area (Å²) in [4.78, 5) is 17.7. The highest BCUT2D eigenvalue weighted by atomic mass is 32.2. The van der Waals surface area contributed by atoms with Crippen molar-refractivity contribution in [1.29, 1.82) is 0 Å². The molecule has 1 amide bonds. The van der Waals surface area contributed by atoms with Gasteiger partial charge in [-0.2, -0.15) is 4.99 Å². The van der Waals surface area contributed by atoms with Gasteiger partial charge in [-0.1, -0.05) is 31.7 Å². The lowest BCUT2D eigenvalue weighted by molar-refractivity contribution is -0.120. The predicted octanol–water partition coefficient (Wildman–Crippen LogP) is 0.925. The molecular formula is C12H18N2O3S2. The second kappa shape index (κ2) is 5.28. The summed E-state index contributed by atoms with van der Waals surface area (Å²) < 4.78 is 23.3. The van der Waals surface area contributed by atoms with Crippen LogP contribution < -0.4 is 0 Å². The summed E-state index contributed by atoms with van der Waals surface area (Å²) in [5.41, 5.74) is 0. The molecule has 2 saturated heterocycles. The minimum Gasteiger partial charge on any atom is -0.342 e. The monoisotopic (exact) mass is 302 g/mol. The lowest BCUT2D eigenvalue weighted by atomic mass is 10.2. The Hall–Kier alpha value is -0.820. The molecule has 0 bridgehead atoms. The third kappa shape index (κ3) is 3.02. The Labute approximate surface area is 118 Å². The van der Waals surface area contributed by atoms with Gasteiger partial charge in [-0.15, -0.1) is 6.58 Å². The van der Waals surface area contributed by atoms with Crippen LogP contribution in [0.5, 0.6) is 0 Å². The summed E-state index contributed by atoms with van der Waals surface area (Å²) in [5.74, 6) is 0.000355. The van der Waals surface area contributed by atoms with E-state index in [1.807, 2.05) is 4.90 Å². The first-order chi connectivity index (χ1) is 8.84. The zero-order valence-electron chi connectivity index (χ0n) is 11.1. The smallest absolute Gasteiger partial charge is 0.250 e. The van der Waals surface area contributed by atoms with E-state index in [-0.39, 0.29) is 34.6 Å². The molecule has 2 aliphatic rings. The largest absolute Gasteiger partial charge is 0.342 e. The summed E-state index contributed by atoms with van der Waals surface area (Å²) in [6, 6.07) is -0.0771. The topological polar surface area (TPSA) is 66.8 Å². The van der Waals surface area contributed by atoms with Crippen molar-refractivity contribution < 1.29 is 13.2 Å². The van der Waals surface area contributed by atoms with Crippen molar-refractivity contribution >= 4 is 32.7 Å². The lowest BCUT2D eigenvalue weighted by Gasteiger charge is -2.22. The number of amides is 1. The molecule has 2 heterocycles. The van der Waals surface area contributed by atoms with Crippen LogP contribution in [0.1, 0.15) is 13.8 Å². The van der Waals surface area contributed by atoms with Crippen molar-refractivity contribution in [3.63, 3.8) is 0 Å². The van der Waals surface area contributed by atoms with Gasteiger partial charge in [-0.3, -0.25) is 4.79 Å². The first kappa shape index (κ1) is 14.6. The molecule has 2 atom stereocenters. The Morgan fingerprint density at radius 2 is 2.26 bits per heavy atom. The average molecular weight is 302 g/mol. The SMILES string of the molecule is C=CCN1C(=NC(=O)C(C)C)SC2CS(=O)(=O)CC21. The van der Waals surface area contributed by atoms with Gasteiger partial charge >= 0.3 is 0 Å². The van der Waals surface area contributed by atoms with Crippen molar-refractivity contribution in [3.8, 4) is 0 Å². The summed E-state index contributed by atoms with van der Waals surface area (Å²) in [7, 11) is -2.96. The van der Waals surface area contributed by atoms with E-state index in [1.165, 1.54) is 11.8 Å². The number of hydrogen-bond donors (Lipinski definition) is 0. The van der Waals surface area contributed by atoms with Crippen molar-refractivity contribution in [1.82, 2.24) is 4.90 Å². The van der Waals surface area contributed by atoms with Gasteiger partial charge in [0.2, 0.25) is 0 Å². The molecule has 0 spiro atoms. The molecule has 0 aromatic rings. The number of rotatable bonds is 3. The van der Waals surface area contributed by atoms with Gasteiger partial charge in [-0.05, 0) is 0 Å². The van der Waals surface area contributed by atoms with E-state index in [0.717, 1.165) is 0 Å². The van der Waals surface area contributed by atoms with Crippen molar-refractivity contribution in [2.45, 2.75) is 25.1 Å². The van der Waals surface area contributed by atoms with Crippen LogP contribution in [0, 0.1) is 5.92 Å². The van der Waals surface area contributed by atoms with Gasteiger partial charge in [0.25, 0.3) is 5.91 Å². The molecule has 2 fully saturated rings. The van der Waals surface area contributed by atoms with Gasteiger partial charge < -0.3 is 4.90 Å². The van der Waals surface area contributed by atoms with Crippen LogP contribution in [0.25, 0.3) is 0 Å². The number of sulfone groups is 1. The third-order valence-electron chi connectivity index (χ3n) is 3.20. The molecule has 106 valence electrons. The molecule has 19 heavy (non-hydrogen) atoms. The summed E-state index contributed by atoms with van der Waals surface area (Å²) in [5, 5.41) is 0.632. The van der Waals surface area contributed by atoms with Gasteiger partial charge in [0.15, 0.2) is 15.0 Å². The first-order valence-corrected chi connectivity index (χ1v) is 8.91. The quantitative estimate of drug-likeness (QED) is 0.725. The molecule has 0 saturated carbocycles. The van der Waals surface area contributed by atoms with E-state index in [9.17, 15) is 13.2 Å². The Bertz CT molecular complexity index is 525. The molecule has 2 aliphatic heterocycles. The van der Waals surface area contributed by atoms with Crippen molar-refractivity contribution in [2.24, 2.45) is 10.9 Å².